The summed E-state index contributed by atoms with van der Waals surface area (Å²) in [4.78, 5) is 6.80. The summed E-state index contributed by atoms with van der Waals surface area (Å²) >= 11 is 0. The molecule has 92 valence electrons. The molecule has 4 heteroatoms. The van der Waals surface area contributed by atoms with E-state index >= 15 is 0 Å². The van der Waals surface area contributed by atoms with Crippen LogP contribution in [-0.2, 0) is 6.61 Å². The zero-order valence-electron chi connectivity index (χ0n) is 10.6. The van der Waals surface area contributed by atoms with Gasteiger partial charge in [-0.15, -0.1) is 0 Å². The first-order valence-electron chi connectivity index (χ1n) is 6.02. The van der Waals surface area contributed by atoms with Crippen LogP contribution in [0.15, 0.2) is 24.4 Å². The summed E-state index contributed by atoms with van der Waals surface area (Å²) in [5.41, 5.74) is 1.74. The van der Waals surface area contributed by atoms with E-state index in [-0.39, 0.29) is 6.61 Å². The highest BCUT2D eigenvalue weighted by molar-refractivity contribution is 5.56. The van der Waals surface area contributed by atoms with E-state index in [9.17, 15) is 5.11 Å². The van der Waals surface area contributed by atoms with Crippen molar-refractivity contribution in [2.75, 3.05) is 11.4 Å². The van der Waals surface area contributed by atoms with E-state index in [2.05, 4.69) is 30.7 Å². The number of hydrogen-bond acceptors (Lipinski definition) is 3. The molecule has 2 heterocycles. The van der Waals surface area contributed by atoms with Crippen LogP contribution in [0.4, 0.5) is 5.82 Å². The highest BCUT2D eigenvalue weighted by Gasteiger charge is 2.18. The summed E-state index contributed by atoms with van der Waals surface area (Å²) in [6.07, 6.45) is 1.94. The number of imidazole rings is 1. The van der Waals surface area contributed by atoms with Crippen molar-refractivity contribution in [3.63, 3.8) is 0 Å². The molecule has 1 N–H and O–H groups in total. The number of aliphatic hydroxyl groups excluding tert-OH is 1. The number of pyridine rings is 1. The lowest BCUT2D eigenvalue weighted by Crippen LogP contribution is -2.31. The second kappa shape index (κ2) is 4.75. The molecule has 17 heavy (non-hydrogen) atoms. The molecule has 2 aromatic heterocycles. The van der Waals surface area contributed by atoms with Gasteiger partial charge in [0.05, 0.1) is 12.3 Å². The first-order chi connectivity index (χ1) is 8.19. The Morgan fingerprint density at radius 1 is 1.41 bits per heavy atom. The normalized spacial score (nSPS) is 11.4. The predicted molar refractivity (Wildman–Crippen MR) is 69.3 cm³/mol. The lowest BCUT2D eigenvalue weighted by Gasteiger charge is -2.25. The zero-order chi connectivity index (χ0) is 12.4. The van der Waals surface area contributed by atoms with Crippen molar-refractivity contribution in [1.29, 1.82) is 0 Å². The van der Waals surface area contributed by atoms with Gasteiger partial charge in [-0.1, -0.05) is 6.07 Å². The fourth-order valence-corrected chi connectivity index (χ4v) is 2.17. The smallest absolute Gasteiger partial charge is 0.153 e. The first kappa shape index (κ1) is 11.9. The number of rotatable bonds is 4. The van der Waals surface area contributed by atoms with Gasteiger partial charge < -0.3 is 10.0 Å². The quantitative estimate of drug-likeness (QED) is 0.878. The summed E-state index contributed by atoms with van der Waals surface area (Å²) in [7, 11) is 0. The molecular formula is C13H19N3O. The van der Waals surface area contributed by atoms with Crippen LogP contribution in [0.25, 0.3) is 5.65 Å². The summed E-state index contributed by atoms with van der Waals surface area (Å²) in [6.45, 7) is 7.26. The van der Waals surface area contributed by atoms with Gasteiger partial charge >= 0.3 is 0 Å². The Morgan fingerprint density at radius 2 is 2.18 bits per heavy atom. The van der Waals surface area contributed by atoms with Gasteiger partial charge in [0.1, 0.15) is 5.65 Å². The summed E-state index contributed by atoms with van der Waals surface area (Å²) < 4.78 is 1.94. The van der Waals surface area contributed by atoms with Crippen molar-refractivity contribution in [3.05, 3.63) is 30.1 Å². The second-order valence-corrected chi connectivity index (χ2v) is 4.35. The van der Waals surface area contributed by atoms with E-state index in [1.165, 1.54) is 0 Å². The second-order valence-electron chi connectivity index (χ2n) is 4.35. The van der Waals surface area contributed by atoms with Crippen LogP contribution in [0.5, 0.6) is 0 Å². The molecule has 0 aliphatic heterocycles. The highest BCUT2D eigenvalue weighted by Crippen LogP contribution is 2.23. The van der Waals surface area contributed by atoms with E-state index < -0.39 is 0 Å². The minimum absolute atomic E-state index is 0.00370. The van der Waals surface area contributed by atoms with Crippen LogP contribution in [0.3, 0.4) is 0 Å². The van der Waals surface area contributed by atoms with Crippen LogP contribution in [-0.4, -0.2) is 27.1 Å². The molecule has 0 aliphatic rings. The van der Waals surface area contributed by atoms with Crippen molar-refractivity contribution in [1.82, 2.24) is 9.38 Å². The minimum Gasteiger partial charge on any atom is -0.390 e. The number of nitrogens with zero attached hydrogens (tertiary/aromatic N) is 3. The monoisotopic (exact) mass is 233 g/mol. The maximum absolute atomic E-state index is 9.54. The van der Waals surface area contributed by atoms with Crippen molar-refractivity contribution in [2.45, 2.75) is 33.4 Å². The first-order valence-corrected chi connectivity index (χ1v) is 6.02. The topological polar surface area (TPSA) is 40.8 Å². The summed E-state index contributed by atoms with van der Waals surface area (Å²) in [5, 5.41) is 9.54. The van der Waals surface area contributed by atoms with Crippen molar-refractivity contribution < 1.29 is 5.11 Å². The van der Waals surface area contributed by atoms with Crippen LogP contribution in [0, 0.1) is 0 Å². The number of fused-ring (bicyclic) bond motifs is 1. The molecule has 0 amide bonds. The third-order valence-corrected chi connectivity index (χ3v) is 2.99. The average molecular weight is 233 g/mol. The van der Waals surface area contributed by atoms with Gasteiger partial charge in [0, 0.05) is 18.8 Å². The van der Waals surface area contributed by atoms with Gasteiger partial charge in [-0.2, -0.15) is 0 Å². The predicted octanol–water partition coefficient (Wildman–Crippen LogP) is 2.06. The van der Waals surface area contributed by atoms with E-state index in [0.29, 0.717) is 6.04 Å². The molecule has 0 saturated carbocycles. The zero-order valence-corrected chi connectivity index (χ0v) is 10.6. The summed E-state index contributed by atoms with van der Waals surface area (Å²) in [5.74, 6) is 0.885. The number of anilines is 1. The standard InChI is InChI=1S/C13H19N3O/c1-4-15(10(2)3)13-11(9-17)16-8-6-5-7-12(16)14-13/h5-8,10,17H,4,9H2,1-3H3. The van der Waals surface area contributed by atoms with Gasteiger partial charge in [0.2, 0.25) is 0 Å². The van der Waals surface area contributed by atoms with Gasteiger partial charge in [-0.05, 0) is 32.9 Å². The van der Waals surface area contributed by atoms with E-state index in [0.717, 1.165) is 23.7 Å². The molecule has 0 spiro atoms. The fourth-order valence-electron chi connectivity index (χ4n) is 2.17. The van der Waals surface area contributed by atoms with E-state index in [1.54, 1.807) is 0 Å². The van der Waals surface area contributed by atoms with Crippen molar-refractivity contribution >= 4 is 11.5 Å². The molecule has 2 aromatic rings. The van der Waals surface area contributed by atoms with Gasteiger partial charge in [-0.3, -0.25) is 4.40 Å². The lowest BCUT2D eigenvalue weighted by atomic mass is 10.3. The van der Waals surface area contributed by atoms with Crippen molar-refractivity contribution in [2.24, 2.45) is 0 Å². The van der Waals surface area contributed by atoms with Crippen LogP contribution < -0.4 is 4.90 Å². The maximum Gasteiger partial charge on any atom is 0.153 e. The van der Waals surface area contributed by atoms with Crippen LogP contribution in [0.2, 0.25) is 0 Å². The lowest BCUT2D eigenvalue weighted by molar-refractivity contribution is 0.276. The van der Waals surface area contributed by atoms with E-state index in [4.69, 9.17) is 0 Å². The molecule has 0 fully saturated rings. The molecule has 4 nitrogen and oxygen atoms in total. The summed E-state index contributed by atoms with van der Waals surface area (Å²) in [6, 6.07) is 6.23. The van der Waals surface area contributed by atoms with Gasteiger partial charge in [0.15, 0.2) is 5.82 Å². The Hall–Kier alpha value is -1.55. The third kappa shape index (κ3) is 2.00. The molecule has 0 saturated heterocycles. The highest BCUT2D eigenvalue weighted by atomic mass is 16.3. The maximum atomic E-state index is 9.54. The fraction of sp³-hybridized carbons (Fsp3) is 0.462. The Bertz CT molecular complexity index is 504. The Labute approximate surface area is 102 Å². The Balaban J connectivity index is 2.60. The molecular weight excluding hydrogens is 214 g/mol. The van der Waals surface area contributed by atoms with Gasteiger partial charge in [-0.25, -0.2) is 4.98 Å². The molecule has 0 bridgehead atoms. The number of aromatic nitrogens is 2. The Morgan fingerprint density at radius 3 is 2.76 bits per heavy atom. The van der Waals surface area contributed by atoms with Gasteiger partial charge in [0.25, 0.3) is 0 Å². The molecule has 0 aliphatic carbocycles. The SMILES string of the molecule is CCN(c1nc2ccccn2c1CO)C(C)C. The van der Waals surface area contributed by atoms with E-state index in [1.807, 2.05) is 28.8 Å². The van der Waals surface area contributed by atoms with Crippen LogP contribution in [0.1, 0.15) is 26.5 Å². The number of aliphatic hydroxyl groups is 1. The average Bonchev–Trinajstić information content (AvgIpc) is 2.67. The molecule has 0 unspecified atom stereocenters. The minimum atomic E-state index is 0.00370. The molecule has 0 aromatic carbocycles. The third-order valence-electron chi connectivity index (χ3n) is 2.99. The van der Waals surface area contributed by atoms with Crippen LogP contribution >= 0.6 is 0 Å². The molecule has 2 rings (SSSR count). The molecule has 0 radical (unpaired) electrons. The molecule has 0 atom stereocenters. The number of hydrogen-bond donors (Lipinski definition) is 1. The Kier molecular flexibility index (Phi) is 3.33. The largest absolute Gasteiger partial charge is 0.390 e. The van der Waals surface area contributed by atoms with Crippen molar-refractivity contribution in [3.8, 4) is 0 Å².